The minimum atomic E-state index is -0.809. The number of hydrogen-bond acceptors (Lipinski definition) is 6. The molecule has 0 aliphatic carbocycles. The summed E-state index contributed by atoms with van der Waals surface area (Å²) < 4.78 is 10.9. The molecule has 1 saturated heterocycles. The molecule has 2 N–H and O–H groups in total. The second-order valence-corrected chi connectivity index (χ2v) is 8.67. The van der Waals surface area contributed by atoms with Crippen LogP contribution in [0.25, 0.3) is 0 Å². The quantitative estimate of drug-likeness (QED) is 0.406. The molecule has 0 saturated carbocycles. The summed E-state index contributed by atoms with van der Waals surface area (Å²) in [6.07, 6.45) is 1.46. The lowest BCUT2D eigenvalue weighted by Crippen LogP contribution is -2.48. The maximum absolute atomic E-state index is 12.7. The van der Waals surface area contributed by atoms with Crippen molar-refractivity contribution in [3.8, 4) is 5.75 Å². The van der Waals surface area contributed by atoms with E-state index in [9.17, 15) is 14.4 Å². The zero-order valence-corrected chi connectivity index (χ0v) is 20.5. The van der Waals surface area contributed by atoms with Crippen LogP contribution in [0, 0.1) is 5.92 Å². The third-order valence-electron chi connectivity index (χ3n) is 5.33. The summed E-state index contributed by atoms with van der Waals surface area (Å²) >= 11 is 6.08. The van der Waals surface area contributed by atoms with Gasteiger partial charge in [0.25, 0.3) is 17.7 Å². The maximum atomic E-state index is 12.7. The molecule has 1 aliphatic heterocycles. The minimum Gasteiger partial charge on any atom is -0.484 e. The van der Waals surface area contributed by atoms with E-state index in [4.69, 9.17) is 21.1 Å². The number of hydrazone groups is 1. The smallest absolute Gasteiger partial charge is 0.262 e. The van der Waals surface area contributed by atoms with Crippen LogP contribution in [0.2, 0.25) is 5.02 Å². The number of morpholine rings is 1. The highest BCUT2D eigenvalue weighted by molar-refractivity contribution is 6.33. The lowest BCUT2D eigenvalue weighted by Gasteiger charge is -2.26. The van der Waals surface area contributed by atoms with Gasteiger partial charge in [-0.2, -0.15) is 5.10 Å². The fourth-order valence-corrected chi connectivity index (χ4v) is 3.59. The van der Waals surface area contributed by atoms with Crippen LogP contribution >= 0.6 is 11.6 Å². The molecule has 0 radical (unpaired) electrons. The largest absolute Gasteiger partial charge is 0.484 e. The molecule has 1 unspecified atom stereocenters. The molecule has 1 atom stereocenters. The number of carbonyl (C=O) groups excluding carboxylic acids is 3. The van der Waals surface area contributed by atoms with Crippen molar-refractivity contribution in [2.45, 2.75) is 19.9 Å². The third-order valence-corrected chi connectivity index (χ3v) is 5.66. The molecule has 1 heterocycles. The Hall–Kier alpha value is -3.43. The number of carbonyl (C=O) groups is 3. The highest BCUT2D eigenvalue weighted by Gasteiger charge is 2.25. The monoisotopic (exact) mass is 500 g/mol. The number of nitrogens with one attached hydrogen (secondary N) is 2. The molecule has 35 heavy (non-hydrogen) atoms. The van der Waals surface area contributed by atoms with Gasteiger partial charge in [-0.15, -0.1) is 0 Å². The van der Waals surface area contributed by atoms with E-state index in [0.717, 1.165) is 0 Å². The molecule has 186 valence electrons. The van der Waals surface area contributed by atoms with E-state index in [1.54, 1.807) is 53.4 Å². The number of amides is 3. The summed E-state index contributed by atoms with van der Waals surface area (Å²) in [6, 6.07) is 12.8. The van der Waals surface area contributed by atoms with Gasteiger partial charge in [0.1, 0.15) is 11.8 Å². The molecular formula is C25H29ClN4O5. The Morgan fingerprint density at radius 3 is 2.60 bits per heavy atom. The Morgan fingerprint density at radius 2 is 1.89 bits per heavy atom. The van der Waals surface area contributed by atoms with Gasteiger partial charge in [0.2, 0.25) is 0 Å². The summed E-state index contributed by atoms with van der Waals surface area (Å²) in [5, 5.41) is 7.02. The molecule has 3 amide bonds. The summed E-state index contributed by atoms with van der Waals surface area (Å²) in [6.45, 7) is 5.75. The van der Waals surface area contributed by atoms with Crippen LogP contribution in [0.3, 0.4) is 0 Å². The number of benzene rings is 2. The summed E-state index contributed by atoms with van der Waals surface area (Å²) in [4.78, 5) is 39.2. The average Bonchev–Trinajstić information content (AvgIpc) is 2.86. The number of rotatable bonds is 9. The first kappa shape index (κ1) is 26.2. The molecule has 3 rings (SSSR count). The van der Waals surface area contributed by atoms with Gasteiger partial charge in [0.05, 0.1) is 30.0 Å². The van der Waals surface area contributed by atoms with E-state index < -0.39 is 17.9 Å². The van der Waals surface area contributed by atoms with Crippen molar-refractivity contribution < 1.29 is 23.9 Å². The fraction of sp³-hybridized carbons (Fsp3) is 0.360. The molecule has 9 nitrogen and oxygen atoms in total. The minimum absolute atomic E-state index is 0.0709. The van der Waals surface area contributed by atoms with Crippen LogP contribution in [0.5, 0.6) is 5.75 Å². The predicted octanol–water partition coefficient (Wildman–Crippen LogP) is 2.48. The standard InChI is InChI=1S/C25H29ClN4O5/c1-17(2)23(28-24(32)20-8-3-4-9-21(20)26)25(33)29-27-15-18-6-5-7-19(14-18)35-16-22(31)30-10-12-34-13-11-30/h3-9,14-15,17,23H,10-13,16H2,1-2H3,(H,28,32)(H,29,33)/b27-15-. The Kier molecular flexibility index (Phi) is 9.63. The second kappa shape index (κ2) is 12.9. The van der Waals surface area contributed by atoms with Gasteiger partial charge in [-0.3, -0.25) is 14.4 Å². The number of hydrogen-bond donors (Lipinski definition) is 2. The highest BCUT2D eigenvalue weighted by atomic mass is 35.5. The average molecular weight is 501 g/mol. The Labute approximate surface area is 209 Å². The van der Waals surface area contributed by atoms with E-state index in [1.165, 1.54) is 6.21 Å². The zero-order valence-electron chi connectivity index (χ0n) is 19.7. The maximum Gasteiger partial charge on any atom is 0.262 e. The van der Waals surface area contributed by atoms with Crippen LogP contribution in [0.4, 0.5) is 0 Å². The fourth-order valence-electron chi connectivity index (χ4n) is 3.37. The topological polar surface area (TPSA) is 109 Å². The van der Waals surface area contributed by atoms with Gasteiger partial charge in [0, 0.05) is 13.1 Å². The van der Waals surface area contributed by atoms with Crippen LogP contribution < -0.4 is 15.5 Å². The molecule has 0 spiro atoms. The van der Waals surface area contributed by atoms with Crippen molar-refractivity contribution in [1.29, 1.82) is 0 Å². The molecule has 0 aromatic heterocycles. The Bertz CT molecular complexity index is 1070. The number of nitrogens with zero attached hydrogens (tertiary/aromatic N) is 2. The predicted molar refractivity (Wildman–Crippen MR) is 133 cm³/mol. The van der Waals surface area contributed by atoms with Crippen molar-refractivity contribution in [2.24, 2.45) is 11.0 Å². The third kappa shape index (κ3) is 7.80. The van der Waals surface area contributed by atoms with E-state index >= 15 is 0 Å². The van der Waals surface area contributed by atoms with Crippen LogP contribution in [0.15, 0.2) is 53.6 Å². The van der Waals surface area contributed by atoms with Crippen molar-refractivity contribution in [3.05, 3.63) is 64.7 Å². The highest BCUT2D eigenvalue weighted by Crippen LogP contribution is 2.16. The molecular weight excluding hydrogens is 472 g/mol. The van der Waals surface area contributed by atoms with Crippen LogP contribution in [0.1, 0.15) is 29.8 Å². The molecule has 2 aromatic rings. The van der Waals surface area contributed by atoms with Crippen molar-refractivity contribution in [1.82, 2.24) is 15.6 Å². The Morgan fingerprint density at radius 1 is 1.14 bits per heavy atom. The van der Waals surface area contributed by atoms with Crippen LogP contribution in [-0.4, -0.2) is 67.8 Å². The lowest BCUT2D eigenvalue weighted by atomic mass is 10.0. The normalized spacial score (nSPS) is 14.6. The van der Waals surface area contributed by atoms with E-state index in [-0.39, 0.29) is 18.4 Å². The van der Waals surface area contributed by atoms with Crippen molar-refractivity contribution >= 4 is 35.5 Å². The van der Waals surface area contributed by atoms with Crippen molar-refractivity contribution in [2.75, 3.05) is 32.9 Å². The van der Waals surface area contributed by atoms with Crippen LogP contribution in [-0.2, 0) is 14.3 Å². The Balaban J connectivity index is 1.54. The first-order chi connectivity index (χ1) is 16.8. The number of halogens is 1. The van der Waals surface area contributed by atoms with E-state index in [1.807, 2.05) is 13.8 Å². The SMILES string of the molecule is CC(C)C(NC(=O)c1ccccc1Cl)C(=O)N/N=C\c1cccc(OCC(=O)N2CCOCC2)c1. The van der Waals surface area contributed by atoms with Crippen molar-refractivity contribution in [3.63, 3.8) is 0 Å². The molecule has 2 aromatic carbocycles. The van der Waals surface area contributed by atoms with Gasteiger partial charge < -0.3 is 19.7 Å². The summed E-state index contributed by atoms with van der Waals surface area (Å²) in [5.41, 5.74) is 3.43. The number of ether oxygens (including phenoxy) is 2. The van der Waals surface area contributed by atoms with Gasteiger partial charge in [-0.25, -0.2) is 5.43 Å². The molecule has 1 fully saturated rings. The zero-order chi connectivity index (χ0) is 25.2. The molecule has 10 heteroatoms. The van der Waals surface area contributed by atoms with E-state index in [2.05, 4.69) is 15.8 Å². The van der Waals surface area contributed by atoms with Gasteiger partial charge in [-0.1, -0.05) is 49.7 Å². The molecule has 0 bridgehead atoms. The molecule has 1 aliphatic rings. The lowest BCUT2D eigenvalue weighted by molar-refractivity contribution is -0.137. The summed E-state index contributed by atoms with van der Waals surface area (Å²) in [7, 11) is 0. The van der Waals surface area contributed by atoms with Gasteiger partial charge in [0.15, 0.2) is 6.61 Å². The first-order valence-corrected chi connectivity index (χ1v) is 11.7. The second-order valence-electron chi connectivity index (χ2n) is 8.26. The van der Waals surface area contributed by atoms with E-state index in [0.29, 0.717) is 48.2 Å². The summed E-state index contributed by atoms with van der Waals surface area (Å²) in [5.74, 6) is -0.672. The van der Waals surface area contributed by atoms with Gasteiger partial charge in [-0.05, 0) is 35.7 Å². The first-order valence-electron chi connectivity index (χ1n) is 11.3. The van der Waals surface area contributed by atoms with Gasteiger partial charge >= 0.3 is 0 Å².